The number of pyridine rings is 1. The quantitative estimate of drug-likeness (QED) is 0.714. The lowest BCUT2D eigenvalue weighted by molar-refractivity contribution is 0.868. The van der Waals surface area contributed by atoms with Crippen LogP contribution in [0.1, 0.15) is 37.8 Å². The van der Waals surface area contributed by atoms with Crippen molar-refractivity contribution >= 4 is 10.9 Å². The number of aromatic nitrogens is 1. The molecule has 0 fully saturated rings. The number of hydrogen-bond acceptors (Lipinski definition) is 1. The third kappa shape index (κ3) is 2.01. The Kier molecular flexibility index (Phi) is 2.72. The average Bonchev–Trinajstić information content (AvgIpc) is 2.27. The Hall–Kier alpha value is -1.37. The van der Waals surface area contributed by atoms with E-state index in [0.29, 0.717) is 5.92 Å². The lowest BCUT2D eigenvalue weighted by Gasteiger charge is -2.07. The summed E-state index contributed by atoms with van der Waals surface area (Å²) in [5, 5.41) is 1.25. The van der Waals surface area contributed by atoms with Crippen LogP contribution in [-0.2, 0) is 6.42 Å². The first kappa shape index (κ1) is 10.2. The summed E-state index contributed by atoms with van der Waals surface area (Å²) in [5.74, 6) is 0.571. The van der Waals surface area contributed by atoms with Crippen LogP contribution in [0.15, 0.2) is 30.5 Å². The molecule has 2 aromatic rings. The van der Waals surface area contributed by atoms with Gasteiger partial charge in [-0.3, -0.25) is 4.98 Å². The van der Waals surface area contributed by atoms with Crippen LogP contribution in [0.5, 0.6) is 0 Å². The summed E-state index contributed by atoms with van der Waals surface area (Å²) < 4.78 is 0. The third-order valence-corrected chi connectivity index (χ3v) is 2.84. The van der Waals surface area contributed by atoms with E-state index >= 15 is 0 Å². The normalized spacial score (nSPS) is 11.2. The van der Waals surface area contributed by atoms with E-state index in [1.165, 1.54) is 16.5 Å². The van der Waals surface area contributed by atoms with Crippen LogP contribution in [0.2, 0.25) is 0 Å². The summed E-state index contributed by atoms with van der Waals surface area (Å²) in [6.45, 7) is 6.58. The summed E-state index contributed by atoms with van der Waals surface area (Å²) in [6, 6.07) is 8.80. The molecule has 1 heteroatoms. The average molecular weight is 199 g/mol. The van der Waals surface area contributed by atoms with E-state index in [1.807, 2.05) is 6.20 Å². The third-order valence-electron chi connectivity index (χ3n) is 2.84. The monoisotopic (exact) mass is 199 g/mol. The van der Waals surface area contributed by atoms with E-state index in [4.69, 9.17) is 0 Å². The van der Waals surface area contributed by atoms with E-state index < -0.39 is 0 Å². The van der Waals surface area contributed by atoms with Gasteiger partial charge in [-0.1, -0.05) is 32.9 Å². The molecule has 1 heterocycles. The maximum absolute atomic E-state index is 4.50. The van der Waals surface area contributed by atoms with Gasteiger partial charge < -0.3 is 0 Å². The molecule has 0 N–H and O–H groups in total. The summed E-state index contributed by atoms with van der Waals surface area (Å²) in [7, 11) is 0. The first-order valence-corrected chi connectivity index (χ1v) is 5.59. The largest absolute Gasteiger partial charge is 0.256 e. The smallest absolute Gasteiger partial charge is 0.0705 e. The van der Waals surface area contributed by atoms with Gasteiger partial charge in [0.25, 0.3) is 0 Å². The zero-order chi connectivity index (χ0) is 10.8. The van der Waals surface area contributed by atoms with Crippen LogP contribution in [-0.4, -0.2) is 4.98 Å². The molecule has 0 amide bonds. The van der Waals surface area contributed by atoms with Gasteiger partial charge in [0, 0.05) is 11.6 Å². The lowest BCUT2D eigenvalue weighted by atomic mass is 10.0. The van der Waals surface area contributed by atoms with E-state index in [-0.39, 0.29) is 0 Å². The van der Waals surface area contributed by atoms with E-state index in [2.05, 4.69) is 50.0 Å². The number of benzene rings is 1. The van der Waals surface area contributed by atoms with Crippen molar-refractivity contribution < 1.29 is 0 Å². The Bertz CT molecular complexity index is 472. The molecule has 0 radical (unpaired) electrons. The molecular formula is C14H17N. The van der Waals surface area contributed by atoms with Gasteiger partial charge in [0.05, 0.1) is 5.52 Å². The highest BCUT2D eigenvalue weighted by atomic mass is 14.6. The molecule has 0 spiro atoms. The maximum atomic E-state index is 4.50. The van der Waals surface area contributed by atoms with E-state index in [0.717, 1.165) is 11.9 Å². The van der Waals surface area contributed by atoms with Crippen LogP contribution >= 0.6 is 0 Å². The summed E-state index contributed by atoms with van der Waals surface area (Å²) >= 11 is 0. The first-order chi connectivity index (χ1) is 7.20. The van der Waals surface area contributed by atoms with Crippen molar-refractivity contribution in [3.05, 3.63) is 41.6 Å². The second-order valence-electron chi connectivity index (χ2n) is 4.30. The fourth-order valence-electron chi connectivity index (χ4n) is 1.74. The Labute approximate surface area is 91.2 Å². The number of rotatable bonds is 2. The first-order valence-electron chi connectivity index (χ1n) is 5.59. The van der Waals surface area contributed by atoms with Crippen molar-refractivity contribution in [1.82, 2.24) is 4.98 Å². The predicted octanol–water partition coefficient (Wildman–Crippen LogP) is 3.92. The molecule has 0 atom stereocenters. The van der Waals surface area contributed by atoms with Gasteiger partial charge in [-0.2, -0.15) is 0 Å². The zero-order valence-corrected chi connectivity index (χ0v) is 9.62. The minimum absolute atomic E-state index is 0.571. The van der Waals surface area contributed by atoms with Gasteiger partial charge in [0.15, 0.2) is 0 Å². The van der Waals surface area contributed by atoms with Crippen LogP contribution in [0, 0.1) is 0 Å². The number of nitrogens with zero attached hydrogens (tertiary/aromatic N) is 1. The van der Waals surface area contributed by atoms with E-state index in [1.54, 1.807) is 0 Å². The molecule has 0 unspecified atom stereocenters. The number of hydrogen-bond donors (Lipinski definition) is 0. The standard InChI is InChI=1S/C14H17N/c1-4-11-7-13-6-5-12(10(2)3)8-14(13)15-9-11/h5-10H,4H2,1-3H3. The number of aryl methyl sites for hydroxylation is 1. The topological polar surface area (TPSA) is 12.9 Å². The molecular weight excluding hydrogens is 182 g/mol. The highest BCUT2D eigenvalue weighted by Gasteiger charge is 2.01. The fraction of sp³-hybridized carbons (Fsp3) is 0.357. The maximum Gasteiger partial charge on any atom is 0.0705 e. The Balaban J connectivity index is 2.55. The minimum atomic E-state index is 0.571. The van der Waals surface area contributed by atoms with Crippen molar-refractivity contribution in [1.29, 1.82) is 0 Å². The summed E-state index contributed by atoms with van der Waals surface area (Å²) in [5.41, 5.74) is 3.78. The van der Waals surface area contributed by atoms with Crippen LogP contribution < -0.4 is 0 Å². The van der Waals surface area contributed by atoms with Crippen molar-refractivity contribution in [3.8, 4) is 0 Å². The summed E-state index contributed by atoms with van der Waals surface area (Å²) in [4.78, 5) is 4.50. The lowest BCUT2D eigenvalue weighted by Crippen LogP contribution is -1.89. The van der Waals surface area contributed by atoms with Gasteiger partial charge in [-0.25, -0.2) is 0 Å². The molecule has 2 rings (SSSR count). The second kappa shape index (κ2) is 4.01. The highest BCUT2D eigenvalue weighted by Crippen LogP contribution is 2.20. The molecule has 15 heavy (non-hydrogen) atoms. The molecule has 0 bridgehead atoms. The highest BCUT2D eigenvalue weighted by molar-refractivity contribution is 5.79. The molecule has 0 aliphatic heterocycles. The van der Waals surface area contributed by atoms with Crippen molar-refractivity contribution in [2.75, 3.05) is 0 Å². The predicted molar refractivity (Wildman–Crippen MR) is 65.2 cm³/mol. The Morgan fingerprint density at radius 2 is 2.00 bits per heavy atom. The van der Waals surface area contributed by atoms with Gasteiger partial charge in [-0.05, 0) is 35.6 Å². The minimum Gasteiger partial charge on any atom is -0.256 e. The van der Waals surface area contributed by atoms with Gasteiger partial charge in [-0.15, -0.1) is 0 Å². The van der Waals surface area contributed by atoms with Crippen molar-refractivity contribution in [2.24, 2.45) is 0 Å². The number of fused-ring (bicyclic) bond motifs is 1. The van der Waals surface area contributed by atoms with E-state index in [9.17, 15) is 0 Å². The molecule has 78 valence electrons. The molecule has 1 aromatic carbocycles. The zero-order valence-electron chi connectivity index (χ0n) is 9.62. The molecule has 0 aliphatic carbocycles. The van der Waals surface area contributed by atoms with Crippen LogP contribution in [0.3, 0.4) is 0 Å². The molecule has 0 aliphatic rings. The van der Waals surface area contributed by atoms with Gasteiger partial charge in [0.1, 0.15) is 0 Å². The molecule has 0 saturated carbocycles. The van der Waals surface area contributed by atoms with Crippen LogP contribution in [0.4, 0.5) is 0 Å². The fourth-order valence-corrected chi connectivity index (χ4v) is 1.74. The Morgan fingerprint density at radius 1 is 1.20 bits per heavy atom. The SMILES string of the molecule is CCc1cnc2cc(C(C)C)ccc2c1. The van der Waals surface area contributed by atoms with Crippen molar-refractivity contribution in [2.45, 2.75) is 33.1 Å². The Morgan fingerprint density at radius 3 is 2.67 bits per heavy atom. The molecule has 1 aromatic heterocycles. The molecule has 0 saturated heterocycles. The van der Waals surface area contributed by atoms with Gasteiger partial charge in [0.2, 0.25) is 0 Å². The van der Waals surface area contributed by atoms with Crippen LogP contribution in [0.25, 0.3) is 10.9 Å². The second-order valence-corrected chi connectivity index (χ2v) is 4.30. The van der Waals surface area contributed by atoms with Gasteiger partial charge >= 0.3 is 0 Å². The van der Waals surface area contributed by atoms with Crippen molar-refractivity contribution in [3.63, 3.8) is 0 Å². The summed E-state index contributed by atoms with van der Waals surface area (Å²) in [6.07, 6.45) is 3.03. The molecule has 1 nitrogen and oxygen atoms in total.